The van der Waals surface area contributed by atoms with E-state index in [4.69, 9.17) is 0 Å². The zero-order valence-corrected chi connectivity index (χ0v) is 14.3. The molecule has 8 nitrogen and oxygen atoms in total. The highest BCUT2D eigenvalue weighted by molar-refractivity contribution is 5.92. The molecular weight excluding hydrogens is 310 g/mol. The molecular formula is C16H21N5O3. The molecule has 1 unspecified atom stereocenters. The minimum Gasteiger partial charge on any atom is -0.344 e. The van der Waals surface area contributed by atoms with Gasteiger partial charge in [0.2, 0.25) is 0 Å². The number of carbonyl (C=O) groups is 1. The zero-order chi connectivity index (χ0) is 17.6. The Morgan fingerprint density at radius 1 is 1.25 bits per heavy atom. The van der Waals surface area contributed by atoms with E-state index in [-0.39, 0.29) is 11.7 Å². The van der Waals surface area contributed by atoms with Crippen molar-refractivity contribution in [2.75, 3.05) is 0 Å². The third-order valence-corrected chi connectivity index (χ3v) is 4.71. The molecule has 8 heteroatoms. The molecule has 1 aliphatic rings. The highest BCUT2D eigenvalue weighted by Gasteiger charge is 2.28. The van der Waals surface area contributed by atoms with Gasteiger partial charge in [-0.3, -0.25) is 23.4 Å². The van der Waals surface area contributed by atoms with E-state index in [1.165, 1.54) is 24.7 Å². The SMILES string of the molecule is Cc1nn(C)c2c1C(NC(=O)c1cc(=O)n(C)c(=O)n1C)CCC2. The molecule has 24 heavy (non-hydrogen) atoms. The van der Waals surface area contributed by atoms with Crippen molar-refractivity contribution in [1.82, 2.24) is 24.2 Å². The van der Waals surface area contributed by atoms with Crippen molar-refractivity contribution in [3.05, 3.63) is 49.5 Å². The van der Waals surface area contributed by atoms with E-state index in [1.807, 2.05) is 18.7 Å². The number of nitrogens with one attached hydrogen (secondary N) is 1. The second-order valence-corrected chi connectivity index (χ2v) is 6.26. The maximum atomic E-state index is 12.6. The molecule has 128 valence electrons. The van der Waals surface area contributed by atoms with Crippen molar-refractivity contribution in [3.63, 3.8) is 0 Å². The molecule has 2 aromatic rings. The molecule has 1 aliphatic carbocycles. The average molecular weight is 331 g/mol. The van der Waals surface area contributed by atoms with E-state index < -0.39 is 17.2 Å². The first-order valence-electron chi connectivity index (χ1n) is 7.91. The Balaban J connectivity index is 1.96. The number of aryl methyl sites for hydroxylation is 2. The molecule has 2 heterocycles. The van der Waals surface area contributed by atoms with Crippen LogP contribution in [0.2, 0.25) is 0 Å². The maximum Gasteiger partial charge on any atom is 0.331 e. The van der Waals surface area contributed by atoms with Crippen LogP contribution in [0.25, 0.3) is 0 Å². The van der Waals surface area contributed by atoms with Crippen LogP contribution >= 0.6 is 0 Å². The Morgan fingerprint density at radius 3 is 2.67 bits per heavy atom. The Hall–Kier alpha value is -2.64. The summed E-state index contributed by atoms with van der Waals surface area (Å²) in [6, 6.07) is 1.03. The lowest BCUT2D eigenvalue weighted by Gasteiger charge is -2.25. The normalized spacial score (nSPS) is 16.8. The van der Waals surface area contributed by atoms with Crippen LogP contribution in [-0.2, 0) is 27.6 Å². The van der Waals surface area contributed by atoms with Gasteiger partial charge in [-0.05, 0) is 26.2 Å². The fourth-order valence-electron chi connectivity index (χ4n) is 3.42. The molecule has 1 atom stereocenters. The second kappa shape index (κ2) is 5.77. The number of aromatic nitrogens is 4. The van der Waals surface area contributed by atoms with Gasteiger partial charge in [-0.2, -0.15) is 5.10 Å². The minimum atomic E-state index is -0.519. The van der Waals surface area contributed by atoms with Crippen LogP contribution in [-0.4, -0.2) is 24.8 Å². The van der Waals surface area contributed by atoms with Gasteiger partial charge in [0, 0.05) is 38.5 Å². The number of nitrogens with zero attached hydrogens (tertiary/aromatic N) is 4. The summed E-state index contributed by atoms with van der Waals surface area (Å²) in [6.45, 7) is 1.93. The van der Waals surface area contributed by atoms with Crippen molar-refractivity contribution >= 4 is 5.91 Å². The van der Waals surface area contributed by atoms with Gasteiger partial charge in [-0.1, -0.05) is 0 Å². The number of rotatable bonds is 2. The first kappa shape index (κ1) is 16.2. The third kappa shape index (κ3) is 2.47. The van der Waals surface area contributed by atoms with Crippen molar-refractivity contribution in [3.8, 4) is 0 Å². The number of hydrogen-bond acceptors (Lipinski definition) is 4. The first-order chi connectivity index (χ1) is 11.3. The lowest BCUT2D eigenvalue weighted by atomic mass is 9.91. The lowest BCUT2D eigenvalue weighted by Crippen LogP contribution is -2.42. The summed E-state index contributed by atoms with van der Waals surface area (Å²) in [4.78, 5) is 36.4. The highest BCUT2D eigenvalue weighted by atomic mass is 16.2. The van der Waals surface area contributed by atoms with Crippen LogP contribution in [0.5, 0.6) is 0 Å². The maximum absolute atomic E-state index is 12.6. The minimum absolute atomic E-state index is 0.0665. The molecule has 0 bridgehead atoms. The topological polar surface area (TPSA) is 90.9 Å². The fraction of sp³-hybridized carbons (Fsp3) is 0.500. The van der Waals surface area contributed by atoms with Crippen molar-refractivity contribution < 1.29 is 4.79 Å². The average Bonchev–Trinajstić information content (AvgIpc) is 2.84. The standard InChI is InChI=1S/C16H21N5O3/c1-9-14-10(6-5-7-11(14)21(4)18-9)17-15(23)12-8-13(22)20(3)16(24)19(12)2/h8,10H,5-7H2,1-4H3,(H,17,23). The van der Waals surface area contributed by atoms with Gasteiger partial charge in [0.15, 0.2) is 0 Å². The van der Waals surface area contributed by atoms with E-state index in [0.717, 1.165) is 40.8 Å². The van der Waals surface area contributed by atoms with Gasteiger partial charge < -0.3 is 5.32 Å². The van der Waals surface area contributed by atoms with Crippen LogP contribution in [0.4, 0.5) is 0 Å². The van der Waals surface area contributed by atoms with Gasteiger partial charge in [-0.15, -0.1) is 0 Å². The molecule has 0 spiro atoms. The smallest absolute Gasteiger partial charge is 0.331 e. The number of carbonyl (C=O) groups excluding carboxylic acids is 1. The molecule has 1 amide bonds. The molecule has 0 fully saturated rings. The molecule has 3 rings (SSSR count). The van der Waals surface area contributed by atoms with Crippen LogP contribution in [0.1, 0.15) is 46.3 Å². The van der Waals surface area contributed by atoms with Gasteiger partial charge in [0.05, 0.1) is 11.7 Å². The summed E-state index contributed by atoms with van der Waals surface area (Å²) in [5.74, 6) is -0.423. The first-order valence-corrected chi connectivity index (χ1v) is 7.91. The fourth-order valence-corrected chi connectivity index (χ4v) is 3.42. The molecule has 0 saturated heterocycles. The van der Waals surface area contributed by atoms with Gasteiger partial charge in [0.1, 0.15) is 5.69 Å². The van der Waals surface area contributed by atoms with E-state index in [2.05, 4.69) is 10.4 Å². The Labute approximate surface area is 138 Å². The summed E-state index contributed by atoms with van der Waals surface area (Å²) in [6.07, 6.45) is 2.69. The molecule has 0 radical (unpaired) electrons. The third-order valence-electron chi connectivity index (χ3n) is 4.71. The Morgan fingerprint density at radius 2 is 1.96 bits per heavy atom. The molecule has 0 saturated carbocycles. The van der Waals surface area contributed by atoms with E-state index >= 15 is 0 Å². The van der Waals surface area contributed by atoms with Crippen LogP contribution < -0.4 is 16.6 Å². The highest BCUT2D eigenvalue weighted by Crippen LogP contribution is 2.31. The molecule has 1 N–H and O–H groups in total. The van der Waals surface area contributed by atoms with Crippen LogP contribution in [0.3, 0.4) is 0 Å². The monoisotopic (exact) mass is 331 g/mol. The zero-order valence-electron chi connectivity index (χ0n) is 14.3. The lowest BCUT2D eigenvalue weighted by molar-refractivity contribution is 0.0922. The molecule has 2 aromatic heterocycles. The predicted molar refractivity (Wildman–Crippen MR) is 88.0 cm³/mol. The van der Waals surface area contributed by atoms with Crippen molar-refractivity contribution in [1.29, 1.82) is 0 Å². The number of hydrogen-bond donors (Lipinski definition) is 1. The summed E-state index contributed by atoms with van der Waals surface area (Å²) in [5.41, 5.74) is 2.12. The number of amides is 1. The van der Waals surface area contributed by atoms with Crippen molar-refractivity contribution in [2.45, 2.75) is 32.2 Å². The Kier molecular flexibility index (Phi) is 3.90. The quantitative estimate of drug-likeness (QED) is 0.834. The molecule has 0 aliphatic heterocycles. The van der Waals surface area contributed by atoms with Crippen LogP contribution in [0, 0.1) is 6.92 Å². The van der Waals surface area contributed by atoms with Gasteiger partial charge in [-0.25, -0.2) is 4.79 Å². The van der Waals surface area contributed by atoms with Gasteiger partial charge >= 0.3 is 5.69 Å². The second-order valence-electron chi connectivity index (χ2n) is 6.26. The van der Waals surface area contributed by atoms with Crippen LogP contribution in [0.15, 0.2) is 15.7 Å². The summed E-state index contributed by atoms with van der Waals surface area (Å²) in [7, 11) is 4.78. The predicted octanol–water partition coefficient (Wildman–Crippen LogP) is -0.0667. The van der Waals surface area contributed by atoms with E-state index in [1.54, 1.807) is 0 Å². The van der Waals surface area contributed by atoms with Gasteiger partial charge in [0.25, 0.3) is 11.5 Å². The summed E-state index contributed by atoms with van der Waals surface area (Å²) in [5, 5.41) is 7.40. The summed E-state index contributed by atoms with van der Waals surface area (Å²) < 4.78 is 4.02. The largest absolute Gasteiger partial charge is 0.344 e. The summed E-state index contributed by atoms with van der Waals surface area (Å²) >= 11 is 0. The Bertz CT molecular complexity index is 934. The van der Waals surface area contributed by atoms with E-state index in [9.17, 15) is 14.4 Å². The molecule has 0 aromatic carbocycles. The number of fused-ring (bicyclic) bond motifs is 1. The van der Waals surface area contributed by atoms with E-state index in [0.29, 0.717) is 0 Å². The van der Waals surface area contributed by atoms with Crippen molar-refractivity contribution in [2.24, 2.45) is 21.1 Å².